The van der Waals surface area contributed by atoms with Crippen molar-refractivity contribution in [2.24, 2.45) is 23.2 Å². The molecule has 3 aliphatic rings. The minimum atomic E-state index is -0.0561. The molecule has 1 heteroatoms. The first-order valence-electron chi connectivity index (χ1n) is 8.44. The van der Waals surface area contributed by atoms with Crippen LogP contribution in [-0.4, -0.2) is 5.78 Å². The Labute approximate surface area is 127 Å². The number of carbonyl (C=O) groups is 1. The molecule has 1 aromatic carbocycles. The lowest BCUT2D eigenvalue weighted by molar-refractivity contribution is 0.0701. The molecule has 1 aromatic rings. The first-order valence-corrected chi connectivity index (χ1v) is 8.44. The third-order valence-corrected chi connectivity index (χ3v) is 5.89. The Hall–Kier alpha value is -1.37. The average molecular weight is 280 g/mol. The molecule has 0 aliphatic heterocycles. The van der Waals surface area contributed by atoms with Crippen molar-refractivity contribution in [3.05, 3.63) is 47.0 Å². The fourth-order valence-corrected chi connectivity index (χ4v) is 4.99. The van der Waals surface area contributed by atoms with Crippen LogP contribution >= 0.6 is 0 Å². The molecule has 0 radical (unpaired) electrons. The van der Waals surface area contributed by atoms with Crippen LogP contribution in [0.4, 0.5) is 0 Å². The maximum Gasteiger partial charge on any atom is 0.170 e. The van der Waals surface area contributed by atoms with E-state index in [0.717, 1.165) is 31.2 Å². The Bertz CT molecular complexity index is 625. The molecule has 3 atom stereocenters. The molecule has 3 unspecified atom stereocenters. The van der Waals surface area contributed by atoms with Crippen LogP contribution in [0.15, 0.2) is 30.4 Å². The summed E-state index contributed by atoms with van der Waals surface area (Å²) in [6, 6.07) is 6.49. The summed E-state index contributed by atoms with van der Waals surface area (Å²) >= 11 is 0. The van der Waals surface area contributed by atoms with Crippen molar-refractivity contribution < 1.29 is 4.79 Å². The smallest absolute Gasteiger partial charge is 0.170 e. The second kappa shape index (κ2) is 4.56. The van der Waals surface area contributed by atoms with Gasteiger partial charge in [0, 0.05) is 11.0 Å². The van der Waals surface area contributed by atoms with E-state index in [1.807, 2.05) is 0 Å². The molecule has 0 N–H and O–H groups in total. The quantitative estimate of drug-likeness (QED) is 0.724. The summed E-state index contributed by atoms with van der Waals surface area (Å²) in [7, 11) is 0. The van der Waals surface area contributed by atoms with Crippen LogP contribution in [0.2, 0.25) is 0 Å². The summed E-state index contributed by atoms with van der Waals surface area (Å²) in [5, 5.41) is 0. The standard InChI is InChI=1S/C20H24O/c1-13(2)10-16-5-3-4-15-8-9-20(19(21)18(15)16)12-14-6-7-17(20)11-14/h3-7,13-14,17H,8-12H2,1-2H3. The van der Waals surface area contributed by atoms with Gasteiger partial charge in [0.25, 0.3) is 0 Å². The van der Waals surface area contributed by atoms with E-state index in [-0.39, 0.29) is 5.41 Å². The first kappa shape index (κ1) is 13.3. The molecule has 2 bridgehead atoms. The van der Waals surface area contributed by atoms with Crippen LogP contribution in [0.25, 0.3) is 0 Å². The Morgan fingerprint density at radius 1 is 1.29 bits per heavy atom. The number of Topliss-reactive ketones (excluding diaryl/α,β-unsaturated/α-hetero) is 1. The lowest BCUT2D eigenvalue weighted by atomic mass is 9.62. The van der Waals surface area contributed by atoms with Gasteiger partial charge in [0.05, 0.1) is 0 Å². The van der Waals surface area contributed by atoms with E-state index in [9.17, 15) is 4.79 Å². The third-order valence-electron chi connectivity index (χ3n) is 5.89. The monoisotopic (exact) mass is 280 g/mol. The normalized spacial score (nSPS) is 33.2. The maximum absolute atomic E-state index is 13.4. The van der Waals surface area contributed by atoms with E-state index in [1.165, 1.54) is 17.5 Å². The average Bonchev–Trinajstić information content (AvgIpc) is 3.04. The number of hydrogen-bond donors (Lipinski definition) is 0. The van der Waals surface area contributed by atoms with E-state index < -0.39 is 0 Å². The van der Waals surface area contributed by atoms with Gasteiger partial charge < -0.3 is 0 Å². The number of rotatable bonds is 2. The van der Waals surface area contributed by atoms with Crippen molar-refractivity contribution in [2.75, 3.05) is 0 Å². The zero-order valence-corrected chi connectivity index (χ0v) is 13.1. The lowest BCUT2D eigenvalue weighted by Crippen LogP contribution is -2.40. The molecule has 1 saturated carbocycles. The predicted octanol–water partition coefficient (Wildman–Crippen LogP) is 4.60. The van der Waals surface area contributed by atoms with Gasteiger partial charge in [-0.3, -0.25) is 4.79 Å². The minimum absolute atomic E-state index is 0.0561. The molecule has 0 heterocycles. The molecular formula is C20H24O. The van der Waals surface area contributed by atoms with Crippen LogP contribution in [0.1, 0.15) is 54.6 Å². The van der Waals surface area contributed by atoms with Gasteiger partial charge in [0.2, 0.25) is 0 Å². The van der Waals surface area contributed by atoms with Gasteiger partial charge in [-0.2, -0.15) is 0 Å². The molecule has 0 aromatic heterocycles. The van der Waals surface area contributed by atoms with Gasteiger partial charge in [-0.15, -0.1) is 0 Å². The largest absolute Gasteiger partial charge is 0.294 e. The highest BCUT2D eigenvalue weighted by Gasteiger charge is 2.54. The fraction of sp³-hybridized carbons (Fsp3) is 0.550. The number of hydrogen-bond acceptors (Lipinski definition) is 1. The predicted molar refractivity (Wildman–Crippen MR) is 85.4 cm³/mol. The second-order valence-electron chi connectivity index (χ2n) is 7.73. The Kier molecular flexibility index (Phi) is 2.89. The molecule has 4 rings (SSSR count). The highest BCUT2D eigenvalue weighted by molar-refractivity contribution is 6.04. The summed E-state index contributed by atoms with van der Waals surface area (Å²) in [6.45, 7) is 4.48. The summed E-state index contributed by atoms with van der Waals surface area (Å²) in [5.74, 6) is 2.24. The van der Waals surface area contributed by atoms with Crippen LogP contribution < -0.4 is 0 Å². The molecule has 1 fully saturated rings. The number of fused-ring (bicyclic) bond motifs is 4. The zero-order chi connectivity index (χ0) is 14.6. The minimum Gasteiger partial charge on any atom is -0.294 e. The molecule has 110 valence electrons. The van der Waals surface area contributed by atoms with Gasteiger partial charge in [-0.05, 0) is 61.0 Å². The van der Waals surface area contributed by atoms with E-state index in [2.05, 4.69) is 44.2 Å². The summed E-state index contributed by atoms with van der Waals surface area (Å²) in [4.78, 5) is 13.4. The molecule has 1 spiro atoms. The van der Waals surface area contributed by atoms with E-state index >= 15 is 0 Å². The van der Waals surface area contributed by atoms with Crippen molar-refractivity contribution in [1.29, 1.82) is 0 Å². The van der Waals surface area contributed by atoms with Crippen molar-refractivity contribution >= 4 is 5.78 Å². The van der Waals surface area contributed by atoms with Gasteiger partial charge in [-0.25, -0.2) is 0 Å². The van der Waals surface area contributed by atoms with Crippen LogP contribution in [0.3, 0.4) is 0 Å². The fourth-order valence-electron chi connectivity index (χ4n) is 4.99. The van der Waals surface area contributed by atoms with Crippen molar-refractivity contribution in [3.8, 4) is 0 Å². The Balaban J connectivity index is 1.79. The van der Waals surface area contributed by atoms with E-state index in [0.29, 0.717) is 23.5 Å². The number of ketones is 1. The molecule has 0 saturated heterocycles. The third kappa shape index (κ3) is 1.86. The molecular weight excluding hydrogens is 256 g/mol. The number of aryl methyl sites for hydroxylation is 1. The highest BCUT2D eigenvalue weighted by atomic mass is 16.1. The van der Waals surface area contributed by atoms with Gasteiger partial charge in [0.1, 0.15) is 0 Å². The van der Waals surface area contributed by atoms with Crippen LogP contribution in [0, 0.1) is 23.2 Å². The first-order chi connectivity index (χ1) is 10.1. The summed E-state index contributed by atoms with van der Waals surface area (Å²) in [5.41, 5.74) is 3.63. The Morgan fingerprint density at radius 3 is 2.81 bits per heavy atom. The number of allylic oxidation sites excluding steroid dienone is 2. The van der Waals surface area contributed by atoms with Gasteiger partial charge in [0.15, 0.2) is 5.78 Å². The van der Waals surface area contributed by atoms with Crippen LogP contribution in [0.5, 0.6) is 0 Å². The van der Waals surface area contributed by atoms with Gasteiger partial charge in [-0.1, -0.05) is 44.2 Å². The van der Waals surface area contributed by atoms with Crippen molar-refractivity contribution in [1.82, 2.24) is 0 Å². The number of carbonyl (C=O) groups excluding carboxylic acids is 1. The van der Waals surface area contributed by atoms with E-state index in [1.54, 1.807) is 0 Å². The summed E-state index contributed by atoms with van der Waals surface area (Å²) in [6.07, 6.45) is 10.2. The SMILES string of the molecule is CC(C)Cc1cccc2c1C(=O)C1(CC2)CC2C=CC1C2. The van der Waals surface area contributed by atoms with Crippen molar-refractivity contribution in [3.63, 3.8) is 0 Å². The molecule has 0 amide bonds. The van der Waals surface area contributed by atoms with E-state index in [4.69, 9.17) is 0 Å². The topological polar surface area (TPSA) is 17.1 Å². The molecule has 21 heavy (non-hydrogen) atoms. The lowest BCUT2D eigenvalue weighted by Gasteiger charge is -2.39. The maximum atomic E-state index is 13.4. The summed E-state index contributed by atoms with van der Waals surface area (Å²) < 4.78 is 0. The molecule has 3 aliphatic carbocycles. The molecule has 1 nitrogen and oxygen atoms in total. The van der Waals surface area contributed by atoms with Crippen molar-refractivity contribution in [2.45, 2.75) is 46.0 Å². The Morgan fingerprint density at radius 2 is 2.14 bits per heavy atom. The van der Waals surface area contributed by atoms with Gasteiger partial charge >= 0.3 is 0 Å². The second-order valence-corrected chi connectivity index (χ2v) is 7.73. The zero-order valence-electron chi connectivity index (χ0n) is 13.1. The van der Waals surface area contributed by atoms with Crippen LogP contribution in [-0.2, 0) is 12.8 Å². The highest BCUT2D eigenvalue weighted by Crippen LogP contribution is 2.57. The number of benzene rings is 1.